The summed E-state index contributed by atoms with van der Waals surface area (Å²) >= 11 is 0. The van der Waals surface area contributed by atoms with E-state index in [4.69, 9.17) is 5.11 Å². The minimum Gasteiger partial charge on any atom is -0.480 e. The highest BCUT2D eigenvalue weighted by Crippen LogP contribution is 2.14. The van der Waals surface area contributed by atoms with Gasteiger partial charge in [0.15, 0.2) is 5.82 Å². The van der Waals surface area contributed by atoms with E-state index in [1.165, 1.54) is 13.1 Å². The maximum absolute atomic E-state index is 12.1. The Morgan fingerprint density at radius 3 is 2.76 bits per heavy atom. The summed E-state index contributed by atoms with van der Waals surface area (Å²) in [5.41, 5.74) is 1.04. The largest absolute Gasteiger partial charge is 0.480 e. The van der Waals surface area contributed by atoms with E-state index in [2.05, 4.69) is 15.4 Å². The predicted molar refractivity (Wildman–Crippen MR) is 75.3 cm³/mol. The lowest BCUT2D eigenvalue weighted by Crippen LogP contribution is -2.38. The molecule has 0 aliphatic rings. The van der Waals surface area contributed by atoms with Crippen molar-refractivity contribution in [3.8, 4) is 5.82 Å². The molecule has 7 nitrogen and oxygen atoms in total. The van der Waals surface area contributed by atoms with Gasteiger partial charge in [-0.2, -0.15) is 5.10 Å². The van der Waals surface area contributed by atoms with Crippen LogP contribution in [0.1, 0.15) is 29.9 Å². The quantitative estimate of drug-likeness (QED) is 0.856. The number of hydrogen-bond donors (Lipinski definition) is 2. The molecular formula is C14H16N4O3. The molecule has 7 heteroatoms. The minimum absolute atomic E-state index is 0.358. The van der Waals surface area contributed by atoms with Gasteiger partial charge in [0, 0.05) is 6.20 Å². The lowest BCUT2D eigenvalue weighted by atomic mass is 10.2. The molecular weight excluding hydrogens is 272 g/mol. The molecule has 2 aromatic heterocycles. The number of pyridine rings is 1. The third-order valence-electron chi connectivity index (χ3n) is 3.03. The predicted octanol–water partition coefficient (Wildman–Crippen LogP) is 1.03. The fraction of sp³-hybridized carbons (Fsp3) is 0.286. The van der Waals surface area contributed by atoms with Crippen LogP contribution in [0.3, 0.4) is 0 Å². The maximum atomic E-state index is 12.1. The normalized spacial score (nSPS) is 11.9. The van der Waals surface area contributed by atoms with Crippen LogP contribution in [0.2, 0.25) is 0 Å². The SMILES string of the molecule is CCc1c(C(=O)N[C@H](C)C(=O)O)cnn1-c1ccccn1. The maximum Gasteiger partial charge on any atom is 0.325 e. The highest BCUT2D eigenvalue weighted by atomic mass is 16.4. The number of rotatable bonds is 5. The standard InChI is InChI=1S/C14H16N4O3/c1-3-11-10(13(19)17-9(2)14(20)21)8-16-18(11)12-6-4-5-7-15-12/h4-9H,3H2,1-2H3,(H,17,19)(H,20,21)/t9-/m1/s1. The third kappa shape index (κ3) is 3.07. The van der Waals surface area contributed by atoms with Gasteiger partial charge in [0.2, 0.25) is 0 Å². The highest BCUT2D eigenvalue weighted by molar-refractivity contribution is 5.97. The molecule has 0 spiro atoms. The average molecular weight is 288 g/mol. The van der Waals surface area contributed by atoms with E-state index in [0.717, 1.165) is 0 Å². The zero-order valence-electron chi connectivity index (χ0n) is 11.8. The van der Waals surface area contributed by atoms with E-state index in [0.29, 0.717) is 23.5 Å². The second kappa shape index (κ2) is 6.17. The van der Waals surface area contributed by atoms with E-state index >= 15 is 0 Å². The molecule has 1 amide bonds. The number of amides is 1. The van der Waals surface area contributed by atoms with Gasteiger partial charge >= 0.3 is 5.97 Å². The van der Waals surface area contributed by atoms with Crippen LogP contribution in [0.15, 0.2) is 30.6 Å². The Morgan fingerprint density at radius 2 is 2.19 bits per heavy atom. The first kappa shape index (κ1) is 14.7. The second-order valence-electron chi connectivity index (χ2n) is 4.49. The van der Waals surface area contributed by atoms with Gasteiger partial charge < -0.3 is 10.4 Å². The van der Waals surface area contributed by atoms with Crippen LogP contribution in [-0.4, -0.2) is 37.8 Å². The van der Waals surface area contributed by atoms with Crippen LogP contribution in [-0.2, 0) is 11.2 Å². The fourth-order valence-electron chi connectivity index (χ4n) is 1.92. The molecule has 0 fully saturated rings. The molecule has 0 saturated carbocycles. The van der Waals surface area contributed by atoms with E-state index in [-0.39, 0.29) is 0 Å². The van der Waals surface area contributed by atoms with E-state index < -0.39 is 17.9 Å². The summed E-state index contributed by atoms with van der Waals surface area (Å²) in [5, 5.41) is 15.4. The monoisotopic (exact) mass is 288 g/mol. The Balaban J connectivity index is 2.32. The summed E-state index contributed by atoms with van der Waals surface area (Å²) in [7, 11) is 0. The van der Waals surface area contributed by atoms with Gasteiger partial charge in [-0.3, -0.25) is 9.59 Å². The number of aliphatic carboxylic acids is 1. The molecule has 2 aromatic rings. The summed E-state index contributed by atoms with van der Waals surface area (Å²) in [4.78, 5) is 27.1. The molecule has 0 aliphatic carbocycles. The molecule has 0 aliphatic heterocycles. The summed E-state index contributed by atoms with van der Waals surface area (Å²) in [6.07, 6.45) is 3.64. The Labute approximate surface area is 121 Å². The molecule has 0 radical (unpaired) electrons. The van der Waals surface area contributed by atoms with Crippen molar-refractivity contribution in [1.82, 2.24) is 20.1 Å². The van der Waals surface area contributed by atoms with Gasteiger partial charge in [-0.15, -0.1) is 0 Å². The van der Waals surface area contributed by atoms with Crippen molar-refractivity contribution in [1.29, 1.82) is 0 Å². The van der Waals surface area contributed by atoms with Gasteiger partial charge in [0.25, 0.3) is 5.91 Å². The summed E-state index contributed by atoms with van der Waals surface area (Å²) in [5.74, 6) is -0.929. The average Bonchev–Trinajstić information content (AvgIpc) is 2.91. The zero-order valence-corrected chi connectivity index (χ0v) is 11.8. The molecule has 2 N–H and O–H groups in total. The fourth-order valence-corrected chi connectivity index (χ4v) is 1.92. The summed E-state index contributed by atoms with van der Waals surface area (Å²) in [6.45, 7) is 3.31. The number of carbonyl (C=O) groups excluding carboxylic acids is 1. The number of carboxylic acids is 1. The third-order valence-corrected chi connectivity index (χ3v) is 3.03. The molecule has 0 aromatic carbocycles. The molecule has 2 heterocycles. The molecule has 0 unspecified atom stereocenters. The van der Waals surface area contributed by atoms with Crippen molar-refractivity contribution in [3.05, 3.63) is 41.9 Å². The van der Waals surface area contributed by atoms with Crippen LogP contribution in [0.4, 0.5) is 0 Å². The molecule has 2 rings (SSSR count). The Bertz CT molecular complexity index is 651. The summed E-state index contributed by atoms with van der Waals surface area (Å²) < 4.78 is 1.58. The number of nitrogens with one attached hydrogen (secondary N) is 1. The molecule has 110 valence electrons. The van der Waals surface area contributed by atoms with Gasteiger partial charge in [-0.25, -0.2) is 9.67 Å². The minimum atomic E-state index is -1.08. The van der Waals surface area contributed by atoms with Gasteiger partial charge in [0.05, 0.1) is 17.5 Å². The van der Waals surface area contributed by atoms with E-state index in [1.807, 2.05) is 13.0 Å². The van der Waals surface area contributed by atoms with Crippen LogP contribution >= 0.6 is 0 Å². The molecule has 0 bridgehead atoms. The smallest absolute Gasteiger partial charge is 0.325 e. The van der Waals surface area contributed by atoms with Gasteiger partial charge in [-0.05, 0) is 25.5 Å². The second-order valence-corrected chi connectivity index (χ2v) is 4.49. The van der Waals surface area contributed by atoms with Crippen molar-refractivity contribution >= 4 is 11.9 Å². The van der Waals surface area contributed by atoms with E-state index in [1.54, 1.807) is 23.0 Å². The topological polar surface area (TPSA) is 97.1 Å². The van der Waals surface area contributed by atoms with Gasteiger partial charge in [0.1, 0.15) is 6.04 Å². The Hall–Kier alpha value is -2.70. The lowest BCUT2D eigenvalue weighted by Gasteiger charge is -2.10. The number of hydrogen-bond acceptors (Lipinski definition) is 4. The van der Waals surface area contributed by atoms with Gasteiger partial charge in [-0.1, -0.05) is 13.0 Å². The van der Waals surface area contributed by atoms with Crippen molar-refractivity contribution in [3.63, 3.8) is 0 Å². The summed E-state index contributed by atoms with van der Waals surface area (Å²) in [6, 6.07) is 4.45. The molecule has 1 atom stereocenters. The number of aromatic nitrogens is 3. The highest BCUT2D eigenvalue weighted by Gasteiger charge is 2.21. The van der Waals surface area contributed by atoms with E-state index in [9.17, 15) is 9.59 Å². The van der Waals surface area contributed by atoms with Crippen molar-refractivity contribution in [2.75, 3.05) is 0 Å². The van der Waals surface area contributed by atoms with Crippen molar-refractivity contribution in [2.24, 2.45) is 0 Å². The molecule has 0 saturated heterocycles. The first-order chi connectivity index (χ1) is 10.0. The first-order valence-electron chi connectivity index (χ1n) is 6.56. The van der Waals surface area contributed by atoms with Crippen LogP contribution < -0.4 is 5.32 Å². The van der Waals surface area contributed by atoms with Crippen LogP contribution in [0, 0.1) is 0 Å². The van der Waals surface area contributed by atoms with Crippen LogP contribution in [0.5, 0.6) is 0 Å². The Morgan fingerprint density at radius 1 is 1.43 bits per heavy atom. The number of carbonyl (C=O) groups is 2. The zero-order chi connectivity index (χ0) is 15.4. The van der Waals surface area contributed by atoms with Crippen molar-refractivity contribution < 1.29 is 14.7 Å². The Kier molecular flexibility index (Phi) is 4.32. The first-order valence-corrected chi connectivity index (χ1v) is 6.56. The van der Waals surface area contributed by atoms with Crippen molar-refractivity contribution in [2.45, 2.75) is 26.3 Å². The van der Waals surface area contributed by atoms with Crippen LogP contribution in [0.25, 0.3) is 5.82 Å². The number of nitrogens with zero attached hydrogens (tertiary/aromatic N) is 3. The number of carboxylic acid groups (broad SMARTS) is 1. The lowest BCUT2D eigenvalue weighted by molar-refractivity contribution is -0.138. The molecule has 21 heavy (non-hydrogen) atoms.